The Kier molecular flexibility index (Phi) is 4.61. The van der Waals surface area contributed by atoms with Crippen molar-refractivity contribution < 1.29 is 14.6 Å². The molecule has 0 aromatic heterocycles. The molecule has 1 amide bonds. The van der Waals surface area contributed by atoms with Gasteiger partial charge >= 0.3 is 6.09 Å². The van der Waals surface area contributed by atoms with E-state index < -0.39 is 18.4 Å². The van der Waals surface area contributed by atoms with E-state index in [1.807, 2.05) is 13.8 Å². The molecule has 0 fully saturated rings. The van der Waals surface area contributed by atoms with E-state index in [9.17, 15) is 4.79 Å². The lowest BCUT2D eigenvalue weighted by Gasteiger charge is -2.23. The Bertz CT molecular complexity index is 140. The summed E-state index contributed by atoms with van der Waals surface area (Å²) in [7, 11) is 1.26. The van der Waals surface area contributed by atoms with Crippen molar-refractivity contribution in [1.82, 2.24) is 5.32 Å². The summed E-state index contributed by atoms with van der Waals surface area (Å²) >= 11 is 0. The van der Waals surface area contributed by atoms with Crippen LogP contribution in [-0.4, -0.2) is 30.6 Å². The van der Waals surface area contributed by atoms with E-state index in [1.165, 1.54) is 7.11 Å². The Morgan fingerprint density at radius 1 is 1.58 bits per heavy atom. The molecule has 5 nitrogen and oxygen atoms in total. The number of ether oxygens (including phenoxy) is 1. The predicted octanol–water partition coefficient (Wildman–Crippen LogP) is -0.356. The van der Waals surface area contributed by atoms with Gasteiger partial charge < -0.3 is 20.9 Å². The summed E-state index contributed by atoms with van der Waals surface area (Å²) in [6.07, 6.45) is -1.65. The third-order valence-electron chi connectivity index (χ3n) is 1.56. The standard InChI is InChI=1S/C7H16N2O3/c1-4(2)5(6(8)10)9-7(11)12-3/h4-6,10H,8H2,1-3H3,(H,9,11). The molecule has 5 heteroatoms. The molecule has 72 valence electrons. The van der Waals surface area contributed by atoms with Crippen LogP contribution in [0.3, 0.4) is 0 Å². The summed E-state index contributed by atoms with van der Waals surface area (Å²) in [6, 6.07) is -0.475. The summed E-state index contributed by atoms with van der Waals surface area (Å²) in [5.41, 5.74) is 5.23. The fraction of sp³-hybridized carbons (Fsp3) is 0.857. The van der Waals surface area contributed by atoms with Gasteiger partial charge in [0.1, 0.15) is 6.23 Å². The van der Waals surface area contributed by atoms with Crippen LogP contribution in [0.2, 0.25) is 0 Å². The average molecular weight is 176 g/mol. The highest BCUT2D eigenvalue weighted by Crippen LogP contribution is 2.03. The minimum atomic E-state index is -1.07. The van der Waals surface area contributed by atoms with E-state index >= 15 is 0 Å². The SMILES string of the molecule is COC(=O)NC(C(C)C)C(N)O. The van der Waals surface area contributed by atoms with E-state index in [2.05, 4.69) is 10.1 Å². The van der Waals surface area contributed by atoms with Crippen molar-refractivity contribution in [1.29, 1.82) is 0 Å². The molecule has 0 aliphatic carbocycles. The van der Waals surface area contributed by atoms with E-state index in [0.717, 1.165) is 0 Å². The summed E-state index contributed by atoms with van der Waals surface area (Å²) in [5.74, 6) is 0.0594. The van der Waals surface area contributed by atoms with Gasteiger partial charge in [0.05, 0.1) is 13.2 Å². The van der Waals surface area contributed by atoms with E-state index in [1.54, 1.807) is 0 Å². The molecular formula is C7H16N2O3. The zero-order chi connectivity index (χ0) is 9.72. The molecule has 2 unspecified atom stereocenters. The minimum absolute atomic E-state index is 0.0594. The number of nitrogens with two attached hydrogens (primary N) is 1. The number of methoxy groups -OCH3 is 1. The molecule has 0 saturated heterocycles. The molecule has 0 radical (unpaired) electrons. The monoisotopic (exact) mass is 176 g/mol. The Labute approximate surface area is 71.9 Å². The van der Waals surface area contributed by atoms with Crippen LogP contribution in [0.25, 0.3) is 0 Å². The molecule has 2 atom stereocenters. The summed E-state index contributed by atoms with van der Waals surface area (Å²) in [6.45, 7) is 3.69. The number of aliphatic hydroxyl groups is 1. The molecule has 0 heterocycles. The highest BCUT2D eigenvalue weighted by Gasteiger charge is 2.21. The van der Waals surface area contributed by atoms with Crippen molar-refractivity contribution in [2.75, 3.05) is 7.11 Å². The van der Waals surface area contributed by atoms with Crippen LogP contribution in [0.4, 0.5) is 4.79 Å². The second kappa shape index (κ2) is 4.95. The number of carbonyl (C=O) groups is 1. The van der Waals surface area contributed by atoms with Gasteiger partial charge in [-0.15, -0.1) is 0 Å². The summed E-state index contributed by atoms with van der Waals surface area (Å²) in [5, 5.41) is 11.5. The number of carbonyl (C=O) groups excluding carboxylic acids is 1. The Morgan fingerprint density at radius 2 is 2.08 bits per heavy atom. The van der Waals surface area contributed by atoms with Gasteiger partial charge in [0.25, 0.3) is 0 Å². The molecule has 0 spiro atoms. The first-order chi connectivity index (χ1) is 5.49. The third kappa shape index (κ3) is 3.54. The molecular weight excluding hydrogens is 160 g/mol. The first-order valence-electron chi connectivity index (χ1n) is 3.77. The molecule has 12 heavy (non-hydrogen) atoms. The van der Waals surface area contributed by atoms with Crippen molar-refractivity contribution in [3.63, 3.8) is 0 Å². The lowest BCUT2D eigenvalue weighted by molar-refractivity contribution is 0.0995. The van der Waals surface area contributed by atoms with Crippen LogP contribution in [0.1, 0.15) is 13.8 Å². The summed E-state index contributed by atoms with van der Waals surface area (Å²) < 4.78 is 4.36. The first kappa shape index (κ1) is 11.2. The van der Waals surface area contributed by atoms with Crippen LogP contribution in [0.15, 0.2) is 0 Å². The van der Waals surface area contributed by atoms with Crippen LogP contribution >= 0.6 is 0 Å². The maximum Gasteiger partial charge on any atom is 0.407 e. The zero-order valence-electron chi connectivity index (χ0n) is 7.57. The summed E-state index contributed by atoms with van der Waals surface area (Å²) in [4.78, 5) is 10.7. The van der Waals surface area contributed by atoms with E-state index in [4.69, 9.17) is 10.8 Å². The molecule has 0 aromatic carbocycles. The maximum atomic E-state index is 10.7. The molecule has 0 saturated carbocycles. The van der Waals surface area contributed by atoms with E-state index in [0.29, 0.717) is 0 Å². The van der Waals surface area contributed by atoms with E-state index in [-0.39, 0.29) is 5.92 Å². The highest BCUT2D eigenvalue weighted by atomic mass is 16.5. The lowest BCUT2D eigenvalue weighted by atomic mass is 10.0. The minimum Gasteiger partial charge on any atom is -0.453 e. The molecule has 0 aliphatic heterocycles. The molecule has 0 bridgehead atoms. The van der Waals surface area contributed by atoms with Crippen molar-refractivity contribution in [3.05, 3.63) is 0 Å². The van der Waals surface area contributed by atoms with Gasteiger partial charge in [-0.3, -0.25) is 0 Å². The number of hydrogen-bond acceptors (Lipinski definition) is 4. The Hall–Kier alpha value is -0.810. The number of alkyl carbamates (subject to hydrolysis) is 1. The Balaban J connectivity index is 4.05. The van der Waals surface area contributed by atoms with Crippen molar-refractivity contribution in [3.8, 4) is 0 Å². The van der Waals surface area contributed by atoms with Crippen LogP contribution in [0.5, 0.6) is 0 Å². The first-order valence-corrected chi connectivity index (χ1v) is 3.77. The largest absolute Gasteiger partial charge is 0.453 e. The Morgan fingerprint density at radius 3 is 2.33 bits per heavy atom. The second-order valence-electron chi connectivity index (χ2n) is 2.90. The quantitative estimate of drug-likeness (QED) is 0.513. The smallest absolute Gasteiger partial charge is 0.407 e. The van der Waals surface area contributed by atoms with Crippen molar-refractivity contribution in [2.24, 2.45) is 11.7 Å². The fourth-order valence-electron chi connectivity index (χ4n) is 0.841. The second-order valence-corrected chi connectivity index (χ2v) is 2.90. The van der Waals surface area contributed by atoms with Gasteiger partial charge in [0.15, 0.2) is 0 Å². The fourth-order valence-corrected chi connectivity index (χ4v) is 0.841. The van der Waals surface area contributed by atoms with Gasteiger partial charge in [-0.05, 0) is 5.92 Å². The number of hydrogen-bond donors (Lipinski definition) is 3. The van der Waals surface area contributed by atoms with Gasteiger partial charge in [-0.1, -0.05) is 13.8 Å². The molecule has 0 aliphatic rings. The van der Waals surface area contributed by atoms with Crippen LogP contribution < -0.4 is 11.1 Å². The average Bonchev–Trinajstić information content (AvgIpc) is 1.98. The van der Waals surface area contributed by atoms with Gasteiger partial charge in [-0.25, -0.2) is 4.79 Å². The van der Waals surface area contributed by atoms with Crippen molar-refractivity contribution in [2.45, 2.75) is 26.1 Å². The topological polar surface area (TPSA) is 84.6 Å². The maximum absolute atomic E-state index is 10.7. The number of nitrogens with one attached hydrogen (secondary N) is 1. The van der Waals surface area contributed by atoms with Gasteiger partial charge in [-0.2, -0.15) is 0 Å². The predicted molar refractivity (Wildman–Crippen MR) is 44.4 cm³/mol. The normalized spacial score (nSPS) is 15.5. The number of rotatable bonds is 3. The zero-order valence-corrected chi connectivity index (χ0v) is 7.57. The molecule has 4 N–H and O–H groups in total. The number of amides is 1. The third-order valence-corrected chi connectivity index (χ3v) is 1.56. The van der Waals surface area contributed by atoms with Crippen molar-refractivity contribution >= 4 is 6.09 Å². The number of aliphatic hydroxyl groups excluding tert-OH is 1. The van der Waals surface area contributed by atoms with Gasteiger partial charge in [0, 0.05) is 0 Å². The molecule has 0 rings (SSSR count). The van der Waals surface area contributed by atoms with Gasteiger partial charge in [0.2, 0.25) is 0 Å². The van der Waals surface area contributed by atoms with Crippen LogP contribution in [0, 0.1) is 5.92 Å². The highest BCUT2D eigenvalue weighted by molar-refractivity contribution is 5.67. The molecule has 0 aromatic rings. The lowest BCUT2D eigenvalue weighted by Crippen LogP contribution is -2.50. The van der Waals surface area contributed by atoms with Crippen LogP contribution in [-0.2, 0) is 4.74 Å².